The average molecular weight is 269 g/mol. The Kier molecular flexibility index (Phi) is 4.91. The number of esters is 2. The van der Waals surface area contributed by atoms with Gasteiger partial charge in [-0.2, -0.15) is 0 Å². The Balaban J connectivity index is 3.13. The Labute approximate surface area is 111 Å². The molecule has 1 rings (SSSR count). The van der Waals surface area contributed by atoms with Crippen LogP contribution in [0.4, 0.5) is 5.82 Å². The molecule has 2 N–H and O–H groups in total. The lowest BCUT2D eigenvalue weighted by Gasteiger charge is -2.20. The van der Waals surface area contributed by atoms with Crippen LogP contribution >= 0.6 is 0 Å². The van der Waals surface area contributed by atoms with Gasteiger partial charge in [-0.1, -0.05) is 13.8 Å². The van der Waals surface area contributed by atoms with Gasteiger partial charge in [-0.3, -0.25) is 0 Å². The molecule has 0 aromatic carbocycles. The number of nitrogens with two attached hydrogens (primary N) is 1. The summed E-state index contributed by atoms with van der Waals surface area (Å²) in [5, 5.41) is 0. The number of rotatable bonds is 5. The van der Waals surface area contributed by atoms with Gasteiger partial charge < -0.3 is 19.8 Å². The quantitative estimate of drug-likeness (QED) is 0.801. The summed E-state index contributed by atoms with van der Waals surface area (Å²) in [6.45, 7) is 5.63. The van der Waals surface area contributed by atoms with Gasteiger partial charge in [0.25, 0.3) is 0 Å². The van der Waals surface area contributed by atoms with E-state index in [9.17, 15) is 9.59 Å². The highest BCUT2D eigenvalue weighted by molar-refractivity contribution is 5.92. The minimum Gasteiger partial charge on any atom is -0.467 e. The molecule has 0 fully saturated rings. The molecule has 1 heterocycles. The molecule has 7 heteroatoms. The molecule has 1 aromatic heterocycles. The van der Waals surface area contributed by atoms with Crippen LogP contribution in [0.1, 0.15) is 37.3 Å². The van der Waals surface area contributed by atoms with Crippen molar-refractivity contribution in [1.82, 2.24) is 9.55 Å². The Morgan fingerprint density at radius 2 is 2.11 bits per heavy atom. The summed E-state index contributed by atoms with van der Waals surface area (Å²) >= 11 is 0. The van der Waals surface area contributed by atoms with Crippen LogP contribution in [0.5, 0.6) is 0 Å². The average Bonchev–Trinajstić information content (AvgIpc) is 2.71. The predicted octanol–water partition coefficient (Wildman–Crippen LogP) is 1.01. The Morgan fingerprint density at radius 3 is 2.58 bits per heavy atom. The van der Waals surface area contributed by atoms with Gasteiger partial charge >= 0.3 is 11.9 Å². The van der Waals surface area contributed by atoms with Gasteiger partial charge in [-0.05, 0) is 12.8 Å². The SMILES string of the molecule is CCOC(=O)c1ncn([C@@H](C(=O)OC)C(C)C)c1N. The van der Waals surface area contributed by atoms with Gasteiger partial charge in [-0.15, -0.1) is 0 Å². The highest BCUT2D eigenvalue weighted by Gasteiger charge is 2.29. The van der Waals surface area contributed by atoms with E-state index >= 15 is 0 Å². The number of aromatic nitrogens is 2. The molecule has 0 spiro atoms. The molecule has 0 radical (unpaired) electrons. The molecule has 0 saturated heterocycles. The van der Waals surface area contributed by atoms with Gasteiger partial charge in [0, 0.05) is 0 Å². The van der Waals surface area contributed by atoms with Gasteiger partial charge in [-0.25, -0.2) is 14.6 Å². The molecule has 0 aliphatic rings. The molecule has 106 valence electrons. The van der Waals surface area contributed by atoms with Crippen molar-refractivity contribution in [3.63, 3.8) is 0 Å². The molecule has 0 aliphatic heterocycles. The van der Waals surface area contributed by atoms with Gasteiger partial charge in [0.15, 0.2) is 5.69 Å². The third kappa shape index (κ3) is 3.04. The van der Waals surface area contributed by atoms with Crippen LogP contribution in [0.3, 0.4) is 0 Å². The summed E-state index contributed by atoms with van der Waals surface area (Å²) in [5.41, 5.74) is 5.87. The van der Waals surface area contributed by atoms with Crippen LogP contribution in [-0.2, 0) is 14.3 Å². The normalized spacial score (nSPS) is 12.3. The number of carbonyl (C=O) groups excluding carboxylic acids is 2. The molecule has 0 aliphatic carbocycles. The highest BCUT2D eigenvalue weighted by Crippen LogP contribution is 2.24. The maximum Gasteiger partial charge on any atom is 0.360 e. The fourth-order valence-corrected chi connectivity index (χ4v) is 1.78. The summed E-state index contributed by atoms with van der Waals surface area (Å²) in [5.74, 6) is -0.998. The smallest absolute Gasteiger partial charge is 0.360 e. The first-order valence-corrected chi connectivity index (χ1v) is 6.01. The Morgan fingerprint density at radius 1 is 1.47 bits per heavy atom. The van der Waals surface area contributed by atoms with Crippen molar-refractivity contribution in [2.24, 2.45) is 5.92 Å². The molecule has 0 saturated carbocycles. The molecule has 0 amide bonds. The van der Waals surface area contributed by atoms with Crippen molar-refractivity contribution in [2.45, 2.75) is 26.8 Å². The minimum atomic E-state index is -0.624. The first-order chi connectivity index (χ1) is 8.93. The second-order valence-corrected chi connectivity index (χ2v) is 4.32. The standard InChI is InChI=1S/C12H19N3O4/c1-5-19-11(16)8-10(13)15(6-14-8)9(7(2)3)12(17)18-4/h6-7,9H,5,13H2,1-4H3/t9-/m1/s1. The van der Waals surface area contributed by atoms with Crippen LogP contribution < -0.4 is 5.73 Å². The summed E-state index contributed by atoms with van der Waals surface area (Å²) in [6.07, 6.45) is 1.35. The lowest BCUT2D eigenvalue weighted by Crippen LogP contribution is -2.26. The minimum absolute atomic E-state index is 0.0106. The summed E-state index contributed by atoms with van der Waals surface area (Å²) in [7, 11) is 1.30. The van der Waals surface area contributed by atoms with E-state index in [0.717, 1.165) is 0 Å². The number of hydrogen-bond acceptors (Lipinski definition) is 6. The zero-order valence-electron chi connectivity index (χ0n) is 11.5. The van der Waals surface area contributed by atoms with E-state index in [1.807, 2.05) is 13.8 Å². The van der Waals surface area contributed by atoms with E-state index in [1.165, 1.54) is 18.0 Å². The molecular formula is C12H19N3O4. The molecule has 0 unspecified atom stereocenters. The lowest BCUT2D eigenvalue weighted by molar-refractivity contribution is -0.145. The van der Waals surface area contributed by atoms with Gasteiger partial charge in [0.05, 0.1) is 20.0 Å². The fourth-order valence-electron chi connectivity index (χ4n) is 1.78. The Hall–Kier alpha value is -2.05. The topological polar surface area (TPSA) is 96.4 Å². The highest BCUT2D eigenvalue weighted by atomic mass is 16.5. The van der Waals surface area contributed by atoms with Crippen molar-refractivity contribution >= 4 is 17.8 Å². The second kappa shape index (κ2) is 6.21. The van der Waals surface area contributed by atoms with E-state index in [4.69, 9.17) is 15.2 Å². The van der Waals surface area contributed by atoms with E-state index in [1.54, 1.807) is 6.92 Å². The number of carbonyl (C=O) groups is 2. The third-order valence-corrected chi connectivity index (χ3v) is 2.67. The molecule has 1 aromatic rings. The van der Waals surface area contributed by atoms with Gasteiger partial charge in [0.1, 0.15) is 11.9 Å². The number of methoxy groups -OCH3 is 1. The fraction of sp³-hybridized carbons (Fsp3) is 0.583. The zero-order chi connectivity index (χ0) is 14.6. The van der Waals surface area contributed by atoms with Crippen molar-refractivity contribution in [2.75, 3.05) is 19.5 Å². The number of anilines is 1. The third-order valence-electron chi connectivity index (χ3n) is 2.67. The van der Waals surface area contributed by atoms with E-state index in [2.05, 4.69) is 4.98 Å². The van der Waals surface area contributed by atoms with Crippen molar-refractivity contribution in [3.8, 4) is 0 Å². The number of nitrogen functional groups attached to an aromatic ring is 1. The van der Waals surface area contributed by atoms with Crippen LogP contribution in [0.2, 0.25) is 0 Å². The Bertz CT molecular complexity index is 468. The van der Waals surface area contributed by atoms with E-state index in [0.29, 0.717) is 0 Å². The monoisotopic (exact) mass is 269 g/mol. The molecule has 19 heavy (non-hydrogen) atoms. The first kappa shape index (κ1) is 15.0. The number of ether oxygens (including phenoxy) is 2. The van der Waals surface area contributed by atoms with E-state index < -0.39 is 18.0 Å². The molecule has 7 nitrogen and oxygen atoms in total. The summed E-state index contributed by atoms with van der Waals surface area (Å²) < 4.78 is 11.0. The summed E-state index contributed by atoms with van der Waals surface area (Å²) in [4.78, 5) is 27.3. The maximum absolute atomic E-state index is 11.8. The van der Waals surface area contributed by atoms with Gasteiger partial charge in [0.2, 0.25) is 0 Å². The number of hydrogen-bond donors (Lipinski definition) is 1. The van der Waals surface area contributed by atoms with E-state index in [-0.39, 0.29) is 24.0 Å². The van der Waals surface area contributed by atoms with Crippen molar-refractivity contribution in [1.29, 1.82) is 0 Å². The van der Waals surface area contributed by atoms with Crippen molar-refractivity contribution < 1.29 is 19.1 Å². The molecular weight excluding hydrogens is 250 g/mol. The number of nitrogens with zero attached hydrogens (tertiary/aromatic N) is 2. The van der Waals surface area contributed by atoms with Crippen LogP contribution in [0.15, 0.2) is 6.33 Å². The predicted molar refractivity (Wildman–Crippen MR) is 68.5 cm³/mol. The van der Waals surface area contributed by atoms with Crippen LogP contribution in [-0.4, -0.2) is 35.2 Å². The summed E-state index contributed by atoms with van der Waals surface area (Å²) in [6, 6.07) is -0.624. The lowest BCUT2D eigenvalue weighted by atomic mass is 10.0. The first-order valence-electron chi connectivity index (χ1n) is 6.01. The van der Waals surface area contributed by atoms with Crippen molar-refractivity contribution in [3.05, 3.63) is 12.0 Å². The molecule has 0 bridgehead atoms. The van der Waals surface area contributed by atoms with Crippen LogP contribution in [0.25, 0.3) is 0 Å². The zero-order valence-corrected chi connectivity index (χ0v) is 11.5. The molecule has 1 atom stereocenters. The second-order valence-electron chi connectivity index (χ2n) is 4.32. The van der Waals surface area contributed by atoms with Crippen LogP contribution in [0, 0.1) is 5.92 Å². The number of imidazole rings is 1. The largest absolute Gasteiger partial charge is 0.467 e. The maximum atomic E-state index is 11.8.